The normalized spacial score (nSPS) is 12.2. The lowest BCUT2D eigenvalue weighted by molar-refractivity contribution is -0.121. The van der Waals surface area contributed by atoms with Crippen LogP contribution in [0.3, 0.4) is 0 Å². The van der Waals surface area contributed by atoms with Gasteiger partial charge in [-0.3, -0.25) is 4.79 Å². The lowest BCUT2D eigenvalue weighted by atomic mass is 9.96. The molecule has 6 heteroatoms. The lowest BCUT2D eigenvalue weighted by Crippen LogP contribution is -2.26. The predicted molar refractivity (Wildman–Crippen MR) is 102 cm³/mol. The molecule has 0 bridgehead atoms. The third kappa shape index (κ3) is 3.74. The van der Waals surface area contributed by atoms with Crippen molar-refractivity contribution >= 4 is 16.7 Å². The van der Waals surface area contributed by atoms with Crippen molar-refractivity contribution in [2.24, 2.45) is 0 Å². The highest BCUT2D eigenvalue weighted by Gasteiger charge is 2.19. The highest BCUT2D eigenvalue weighted by atomic mass is 16.5. The summed E-state index contributed by atoms with van der Waals surface area (Å²) < 4.78 is 7.12. The van der Waals surface area contributed by atoms with Gasteiger partial charge in [0.2, 0.25) is 11.8 Å². The predicted octanol–water partition coefficient (Wildman–Crippen LogP) is 3.63. The van der Waals surface area contributed by atoms with Crippen LogP contribution in [0.15, 0.2) is 71.5 Å². The molecule has 0 aliphatic carbocycles. The fourth-order valence-electron chi connectivity index (χ4n) is 3.31. The van der Waals surface area contributed by atoms with Gasteiger partial charge in [0.25, 0.3) is 0 Å². The highest BCUT2D eigenvalue weighted by molar-refractivity contribution is 5.87. The minimum Gasteiger partial charge on any atom is -0.347 e. The first-order valence-electron chi connectivity index (χ1n) is 8.87. The zero-order chi connectivity index (χ0) is 18.6. The molecule has 2 aromatic carbocycles. The Kier molecular flexibility index (Phi) is 4.70. The van der Waals surface area contributed by atoms with Crippen LogP contribution in [0.4, 0.5) is 0 Å². The van der Waals surface area contributed by atoms with Gasteiger partial charge in [-0.25, -0.2) is 0 Å². The Labute approximate surface area is 156 Å². The summed E-state index contributed by atoms with van der Waals surface area (Å²) in [7, 11) is 0. The Bertz CT molecular complexity index is 1050. The molecule has 0 aliphatic heterocycles. The highest BCUT2D eigenvalue weighted by Crippen LogP contribution is 2.29. The number of amides is 1. The van der Waals surface area contributed by atoms with Crippen molar-refractivity contribution in [1.29, 1.82) is 0 Å². The van der Waals surface area contributed by atoms with E-state index < -0.39 is 0 Å². The molecule has 0 saturated heterocycles. The molecular formula is C21H20N4O2. The van der Waals surface area contributed by atoms with Gasteiger partial charge in [-0.15, -0.1) is 0 Å². The number of aromatic nitrogens is 3. The van der Waals surface area contributed by atoms with Crippen molar-refractivity contribution in [3.8, 4) is 0 Å². The van der Waals surface area contributed by atoms with E-state index in [1.165, 1.54) is 0 Å². The van der Waals surface area contributed by atoms with E-state index in [-0.39, 0.29) is 18.5 Å². The number of benzene rings is 2. The lowest BCUT2D eigenvalue weighted by Gasteiger charge is -2.21. The number of hydrogen-bond acceptors (Lipinski definition) is 4. The summed E-state index contributed by atoms with van der Waals surface area (Å²) >= 11 is 0. The van der Waals surface area contributed by atoms with E-state index in [1.807, 2.05) is 42.7 Å². The average molecular weight is 360 g/mol. The Morgan fingerprint density at radius 2 is 1.89 bits per heavy atom. The Balaban J connectivity index is 1.59. The third-order valence-corrected chi connectivity index (χ3v) is 4.55. The van der Waals surface area contributed by atoms with Crippen molar-refractivity contribution in [2.45, 2.75) is 25.9 Å². The maximum atomic E-state index is 12.6. The number of aryl methyl sites for hydroxylation is 1. The zero-order valence-electron chi connectivity index (χ0n) is 15.0. The molecule has 0 fully saturated rings. The second-order valence-corrected chi connectivity index (χ2v) is 6.43. The van der Waals surface area contributed by atoms with E-state index in [9.17, 15) is 4.79 Å². The van der Waals surface area contributed by atoms with E-state index in [2.05, 4.69) is 44.3 Å². The maximum Gasteiger partial charge on any atom is 0.246 e. The Hall–Kier alpha value is -3.41. The van der Waals surface area contributed by atoms with Gasteiger partial charge in [0.05, 0.1) is 19.0 Å². The number of carbonyl (C=O) groups excluding carboxylic acids is 1. The number of fused-ring (bicyclic) bond motifs is 1. The third-order valence-electron chi connectivity index (χ3n) is 4.55. The van der Waals surface area contributed by atoms with Crippen molar-refractivity contribution in [3.63, 3.8) is 0 Å². The van der Waals surface area contributed by atoms with Crippen LogP contribution in [0.5, 0.6) is 0 Å². The number of rotatable bonds is 6. The van der Waals surface area contributed by atoms with Crippen LogP contribution >= 0.6 is 0 Å². The number of nitrogens with zero attached hydrogens (tertiary/aromatic N) is 3. The van der Waals surface area contributed by atoms with Gasteiger partial charge in [0.15, 0.2) is 5.82 Å². The van der Waals surface area contributed by atoms with Gasteiger partial charge in [0, 0.05) is 12.4 Å². The number of carbonyl (C=O) groups is 1. The molecular weight excluding hydrogens is 340 g/mol. The fourth-order valence-corrected chi connectivity index (χ4v) is 3.31. The summed E-state index contributed by atoms with van der Waals surface area (Å²) in [6.07, 6.45) is 4.29. The summed E-state index contributed by atoms with van der Waals surface area (Å²) in [5.74, 6) is 0.890. The molecule has 1 amide bonds. The summed E-state index contributed by atoms with van der Waals surface area (Å²) in [5, 5.41) is 8.92. The Morgan fingerprint density at radius 3 is 2.67 bits per heavy atom. The maximum absolute atomic E-state index is 12.6. The van der Waals surface area contributed by atoms with Gasteiger partial charge < -0.3 is 14.4 Å². The molecule has 0 aliphatic rings. The van der Waals surface area contributed by atoms with E-state index in [4.69, 9.17) is 4.52 Å². The summed E-state index contributed by atoms with van der Waals surface area (Å²) in [6, 6.07) is 18.3. The quantitative estimate of drug-likeness (QED) is 0.570. The van der Waals surface area contributed by atoms with Gasteiger partial charge in [0.1, 0.15) is 0 Å². The van der Waals surface area contributed by atoms with Crippen LogP contribution in [-0.4, -0.2) is 20.6 Å². The monoisotopic (exact) mass is 360 g/mol. The van der Waals surface area contributed by atoms with E-state index in [0.29, 0.717) is 18.1 Å². The zero-order valence-corrected chi connectivity index (χ0v) is 15.0. The van der Waals surface area contributed by atoms with Crippen molar-refractivity contribution in [2.75, 3.05) is 0 Å². The van der Waals surface area contributed by atoms with Crippen molar-refractivity contribution in [1.82, 2.24) is 20.0 Å². The summed E-state index contributed by atoms with van der Waals surface area (Å²) in [6.45, 7) is 1.98. The topological polar surface area (TPSA) is 73.0 Å². The SMILES string of the molecule is Cc1noc(CNC(=O)CC(c2cccc3ccccc23)n2cccc2)n1. The number of nitrogens with one attached hydrogen (secondary N) is 1. The van der Waals surface area contributed by atoms with E-state index >= 15 is 0 Å². The van der Waals surface area contributed by atoms with Crippen LogP contribution in [0.2, 0.25) is 0 Å². The van der Waals surface area contributed by atoms with E-state index in [0.717, 1.165) is 16.3 Å². The van der Waals surface area contributed by atoms with E-state index in [1.54, 1.807) is 6.92 Å². The fraction of sp³-hybridized carbons (Fsp3) is 0.190. The molecule has 1 N–H and O–H groups in total. The summed E-state index contributed by atoms with van der Waals surface area (Å²) in [5.41, 5.74) is 1.12. The van der Waals surface area contributed by atoms with Crippen LogP contribution < -0.4 is 5.32 Å². The molecule has 0 saturated carbocycles. The van der Waals surface area contributed by atoms with Crippen LogP contribution in [-0.2, 0) is 11.3 Å². The first kappa shape index (κ1) is 17.0. The molecule has 27 heavy (non-hydrogen) atoms. The molecule has 2 heterocycles. The van der Waals surface area contributed by atoms with Crippen LogP contribution in [0.1, 0.15) is 29.7 Å². The molecule has 0 radical (unpaired) electrons. The summed E-state index contributed by atoms with van der Waals surface area (Å²) in [4.78, 5) is 16.7. The van der Waals surface area contributed by atoms with Crippen molar-refractivity contribution < 1.29 is 9.32 Å². The van der Waals surface area contributed by atoms with Crippen LogP contribution in [0, 0.1) is 6.92 Å². The largest absolute Gasteiger partial charge is 0.347 e. The molecule has 6 nitrogen and oxygen atoms in total. The minimum atomic E-state index is -0.101. The molecule has 136 valence electrons. The van der Waals surface area contributed by atoms with Crippen molar-refractivity contribution in [3.05, 3.63) is 84.3 Å². The smallest absolute Gasteiger partial charge is 0.246 e. The molecule has 4 rings (SSSR count). The molecule has 0 spiro atoms. The van der Waals surface area contributed by atoms with Gasteiger partial charge in [-0.1, -0.05) is 47.6 Å². The molecule has 4 aromatic rings. The van der Waals surface area contributed by atoms with Crippen LogP contribution in [0.25, 0.3) is 10.8 Å². The average Bonchev–Trinajstić information content (AvgIpc) is 3.36. The molecule has 1 atom stereocenters. The minimum absolute atomic E-state index is 0.0718. The molecule has 1 unspecified atom stereocenters. The Morgan fingerprint density at radius 1 is 1.11 bits per heavy atom. The van der Waals surface area contributed by atoms with Gasteiger partial charge in [-0.05, 0) is 35.4 Å². The first-order chi connectivity index (χ1) is 13.2. The van der Waals surface area contributed by atoms with Gasteiger partial charge >= 0.3 is 0 Å². The van der Waals surface area contributed by atoms with Gasteiger partial charge in [-0.2, -0.15) is 4.98 Å². The first-order valence-corrected chi connectivity index (χ1v) is 8.87. The molecule has 2 aromatic heterocycles. The second-order valence-electron chi connectivity index (χ2n) is 6.43. The number of hydrogen-bond donors (Lipinski definition) is 1. The second kappa shape index (κ2) is 7.45. The standard InChI is InChI=1S/C21H20N4O2/c1-15-23-21(27-24-15)14-22-20(26)13-19(25-11-4-5-12-25)18-10-6-8-16-7-2-3-9-17(16)18/h2-12,19H,13-14H2,1H3,(H,22,26).